The van der Waals surface area contributed by atoms with E-state index in [-0.39, 0.29) is 23.8 Å². The van der Waals surface area contributed by atoms with Crippen molar-refractivity contribution in [3.63, 3.8) is 0 Å². The van der Waals surface area contributed by atoms with Crippen LogP contribution in [-0.2, 0) is 6.18 Å². The zero-order valence-electron chi connectivity index (χ0n) is 11.3. The van der Waals surface area contributed by atoms with Crippen molar-refractivity contribution in [3.05, 3.63) is 71.3 Å². The van der Waals surface area contributed by atoms with Crippen LogP contribution in [0.25, 0.3) is 0 Å². The van der Waals surface area contributed by atoms with Gasteiger partial charge >= 0.3 is 6.18 Å². The summed E-state index contributed by atoms with van der Waals surface area (Å²) in [6, 6.07) is 13.2. The molecule has 0 aromatic heterocycles. The average molecular weight is 331 g/mol. The number of nitrogens with two attached hydrogens (primary N) is 1. The molecule has 2 rings (SSSR count). The van der Waals surface area contributed by atoms with Crippen LogP contribution in [-0.4, -0.2) is 12.1 Å². The summed E-state index contributed by atoms with van der Waals surface area (Å²) in [5.74, 6) is -0.242. The van der Waals surface area contributed by atoms with Gasteiger partial charge in [0.15, 0.2) is 0 Å². The number of hydrogen-bond donors (Lipinski definition) is 2. The van der Waals surface area contributed by atoms with Gasteiger partial charge in [-0.05, 0) is 12.1 Å². The second-order valence-electron chi connectivity index (χ2n) is 4.02. The minimum Gasteiger partial charge on any atom is -0.384 e. The summed E-state index contributed by atoms with van der Waals surface area (Å²) in [5.41, 5.74) is 5.35. The summed E-state index contributed by atoms with van der Waals surface area (Å²) in [6.07, 6.45) is -3.50. The largest absolute Gasteiger partial charge is 0.416 e. The molecule has 0 radical (unpaired) electrons. The van der Waals surface area contributed by atoms with Gasteiger partial charge in [0.2, 0.25) is 0 Å². The minimum atomic E-state index is -4.34. The number of benzene rings is 2. The monoisotopic (exact) mass is 330 g/mol. The molecule has 0 aliphatic carbocycles. The number of halogens is 4. The number of nitrogen functional groups attached to an aromatic ring is 1. The summed E-state index contributed by atoms with van der Waals surface area (Å²) < 4.78 is 36.1. The van der Waals surface area contributed by atoms with E-state index in [0.717, 1.165) is 24.0 Å². The average Bonchev–Trinajstić information content (AvgIpc) is 2.48. The number of hydrogen-bond acceptors (Lipinski definition) is 2. The summed E-state index contributed by atoms with van der Waals surface area (Å²) >= 11 is 0. The Hall–Kier alpha value is -2.34. The number of carbonyl (C=O) groups excluding carboxylic acids is 1. The zero-order chi connectivity index (χ0) is 15.9. The van der Waals surface area contributed by atoms with E-state index in [2.05, 4.69) is 0 Å². The summed E-state index contributed by atoms with van der Waals surface area (Å²) in [5, 5.41) is 6.96. The van der Waals surface area contributed by atoms with Gasteiger partial charge in [-0.2, -0.15) is 13.2 Å². The smallest absolute Gasteiger partial charge is 0.384 e. The van der Waals surface area contributed by atoms with Crippen LogP contribution < -0.4 is 5.73 Å². The van der Waals surface area contributed by atoms with E-state index in [0.29, 0.717) is 0 Å². The van der Waals surface area contributed by atoms with Crippen LogP contribution in [0.15, 0.2) is 54.6 Å². The first-order valence-corrected chi connectivity index (χ1v) is 5.86. The van der Waals surface area contributed by atoms with Crippen LogP contribution in [0.3, 0.4) is 0 Å². The van der Waals surface area contributed by atoms with E-state index in [1.165, 1.54) is 12.1 Å². The quantitative estimate of drug-likeness (QED) is 0.498. The lowest BCUT2D eigenvalue weighted by molar-refractivity contribution is -0.137. The third-order valence-corrected chi connectivity index (χ3v) is 2.46. The van der Waals surface area contributed by atoms with Gasteiger partial charge in [-0.1, -0.05) is 42.5 Å². The molecule has 0 fully saturated rings. The topological polar surface area (TPSA) is 66.9 Å². The van der Waals surface area contributed by atoms with Crippen molar-refractivity contribution in [1.29, 1.82) is 5.41 Å². The third kappa shape index (κ3) is 6.41. The van der Waals surface area contributed by atoms with Crippen LogP contribution in [0.5, 0.6) is 0 Å². The molecule has 0 spiro atoms. The highest BCUT2D eigenvalue weighted by Gasteiger charge is 2.29. The van der Waals surface area contributed by atoms with E-state index in [4.69, 9.17) is 11.1 Å². The van der Waals surface area contributed by atoms with Crippen molar-refractivity contribution in [2.45, 2.75) is 6.18 Å². The third-order valence-electron chi connectivity index (χ3n) is 2.46. The molecule has 3 N–H and O–H groups in total. The molecule has 0 unspecified atom stereocenters. The minimum absolute atomic E-state index is 0. The Balaban J connectivity index is 0.000000423. The second kappa shape index (κ2) is 8.84. The Morgan fingerprint density at radius 3 is 1.82 bits per heavy atom. The molecule has 118 valence electrons. The maximum Gasteiger partial charge on any atom is 0.416 e. The summed E-state index contributed by atoms with van der Waals surface area (Å²) in [4.78, 5) is 10.0. The van der Waals surface area contributed by atoms with E-state index in [1.807, 2.05) is 18.2 Å². The number of alkyl halides is 3. The lowest BCUT2D eigenvalue weighted by Gasteiger charge is -2.06. The predicted octanol–water partition coefficient (Wildman–Crippen LogP) is 3.91. The van der Waals surface area contributed by atoms with Crippen molar-refractivity contribution in [2.75, 3.05) is 0 Å². The van der Waals surface area contributed by atoms with Gasteiger partial charge in [0.05, 0.1) is 5.56 Å². The van der Waals surface area contributed by atoms with Crippen LogP contribution >= 0.6 is 12.4 Å². The summed E-state index contributed by atoms with van der Waals surface area (Å²) in [6.45, 7) is 0. The Morgan fingerprint density at radius 2 is 1.50 bits per heavy atom. The molecule has 0 bridgehead atoms. The fourth-order valence-corrected chi connectivity index (χ4v) is 1.37. The molecule has 0 amide bonds. The van der Waals surface area contributed by atoms with Crippen LogP contribution in [0.1, 0.15) is 21.5 Å². The van der Waals surface area contributed by atoms with Crippen LogP contribution in [0, 0.1) is 5.41 Å². The normalized spacial score (nSPS) is 9.77. The molecular weight excluding hydrogens is 317 g/mol. The predicted molar refractivity (Wildman–Crippen MR) is 81.5 cm³/mol. The molecule has 0 aliphatic rings. The molecule has 0 atom stereocenters. The second-order valence-corrected chi connectivity index (χ2v) is 4.02. The standard InChI is InChI=1S/C8H7F3N2.C7H6O.ClH/c9-8(10,11)6-3-1-5(2-4-6)7(12)13;8-6-7-4-2-1-3-5-7;/h1-4H,(H3,12,13);1-6H;1H. The molecule has 2 aromatic carbocycles. The lowest BCUT2D eigenvalue weighted by Crippen LogP contribution is -2.12. The maximum absolute atomic E-state index is 12.0. The molecule has 3 nitrogen and oxygen atoms in total. The molecular formula is C15H14ClF3N2O. The van der Waals surface area contributed by atoms with Crippen molar-refractivity contribution in [2.24, 2.45) is 5.73 Å². The van der Waals surface area contributed by atoms with E-state index in [9.17, 15) is 18.0 Å². The number of aldehydes is 1. The van der Waals surface area contributed by atoms with Gasteiger partial charge in [0, 0.05) is 11.1 Å². The van der Waals surface area contributed by atoms with Crippen molar-refractivity contribution in [1.82, 2.24) is 0 Å². The van der Waals surface area contributed by atoms with Gasteiger partial charge in [-0.15, -0.1) is 12.4 Å². The number of rotatable bonds is 2. The van der Waals surface area contributed by atoms with E-state index in [1.54, 1.807) is 12.1 Å². The van der Waals surface area contributed by atoms with Gasteiger partial charge in [-0.25, -0.2) is 0 Å². The van der Waals surface area contributed by atoms with Gasteiger partial charge in [-0.3, -0.25) is 10.2 Å². The number of nitrogens with one attached hydrogen (secondary N) is 1. The van der Waals surface area contributed by atoms with E-state index >= 15 is 0 Å². The maximum atomic E-state index is 12.0. The summed E-state index contributed by atoms with van der Waals surface area (Å²) in [7, 11) is 0. The Labute approximate surface area is 131 Å². The Kier molecular flexibility index (Phi) is 7.90. The molecule has 0 saturated heterocycles. The molecule has 0 heterocycles. The molecule has 22 heavy (non-hydrogen) atoms. The van der Waals surface area contributed by atoms with Crippen molar-refractivity contribution < 1.29 is 18.0 Å². The lowest BCUT2D eigenvalue weighted by atomic mass is 10.1. The number of carbonyl (C=O) groups is 1. The van der Waals surface area contributed by atoms with Crippen molar-refractivity contribution in [3.8, 4) is 0 Å². The molecule has 0 aliphatic heterocycles. The van der Waals surface area contributed by atoms with Crippen LogP contribution in [0.4, 0.5) is 13.2 Å². The molecule has 2 aromatic rings. The first kappa shape index (κ1) is 19.7. The van der Waals surface area contributed by atoms with Crippen LogP contribution in [0.2, 0.25) is 0 Å². The SMILES string of the molecule is Cl.N=C(N)c1ccc(C(F)(F)F)cc1.O=Cc1ccccc1. The molecule has 7 heteroatoms. The van der Waals surface area contributed by atoms with E-state index < -0.39 is 11.7 Å². The fraction of sp³-hybridized carbons (Fsp3) is 0.0667. The fourth-order valence-electron chi connectivity index (χ4n) is 1.37. The highest BCUT2D eigenvalue weighted by molar-refractivity contribution is 5.94. The zero-order valence-corrected chi connectivity index (χ0v) is 12.1. The first-order chi connectivity index (χ1) is 9.84. The van der Waals surface area contributed by atoms with Gasteiger partial charge in [0.25, 0.3) is 0 Å². The Bertz CT molecular complexity index is 598. The van der Waals surface area contributed by atoms with Gasteiger partial charge < -0.3 is 5.73 Å². The van der Waals surface area contributed by atoms with Gasteiger partial charge in [0.1, 0.15) is 12.1 Å². The highest BCUT2D eigenvalue weighted by Crippen LogP contribution is 2.28. The molecule has 0 saturated carbocycles. The number of amidine groups is 1. The first-order valence-electron chi connectivity index (χ1n) is 5.86. The Morgan fingerprint density at radius 1 is 1.00 bits per heavy atom. The highest BCUT2D eigenvalue weighted by atomic mass is 35.5. The van der Waals surface area contributed by atoms with Crippen molar-refractivity contribution >= 4 is 24.5 Å².